The van der Waals surface area contributed by atoms with Gasteiger partial charge in [0.1, 0.15) is 17.5 Å². The summed E-state index contributed by atoms with van der Waals surface area (Å²) in [5.41, 5.74) is 2.76. The van der Waals surface area contributed by atoms with Gasteiger partial charge in [0.2, 0.25) is 0 Å². The number of piperidine rings is 1. The number of likely N-dealkylation sites (tertiary alicyclic amines) is 1. The van der Waals surface area contributed by atoms with E-state index in [2.05, 4.69) is 52.8 Å². The minimum absolute atomic E-state index is 0.0531. The van der Waals surface area contributed by atoms with Gasteiger partial charge in [-0.05, 0) is 49.2 Å². The zero-order chi connectivity index (χ0) is 21.8. The maximum absolute atomic E-state index is 12.8. The molecule has 1 aromatic carbocycles. The van der Waals surface area contributed by atoms with Gasteiger partial charge in [0.25, 0.3) is 5.91 Å². The number of ether oxygens (including phenoxy) is 1. The largest absolute Gasteiger partial charge is 0.490 e. The van der Waals surface area contributed by atoms with Crippen molar-refractivity contribution in [2.45, 2.75) is 39.0 Å². The highest BCUT2D eigenvalue weighted by Crippen LogP contribution is 2.22. The van der Waals surface area contributed by atoms with E-state index in [-0.39, 0.29) is 12.0 Å². The van der Waals surface area contributed by atoms with Crippen LogP contribution in [0.4, 0.5) is 0 Å². The van der Waals surface area contributed by atoms with Crippen molar-refractivity contribution < 1.29 is 9.53 Å². The van der Waals surface area contributed by atoms with Crippen molar-refractivity contribution in [3.8, 4) is 5.75 Å². The molecular weight excluding hydrogens is 408 g/mol. The van der Waals surface area contributed by atoms with Gasteiger partial charge in [0.15, 0.2) is 0 Å². The molecule has 0 spiro atoms. The lowest BCUT2D eigenvalue weighted by Crippen LogP contribution is -2.42. The number of nitrogens with zero attached hydrogens (tertiary/aromatic N) is 4. The predicted octanol–water partition coefficient (Wildman–Crippen LogP) is 4.11. The van der Waals surface area contributed by atoms with E-state index in [4.69, 9.17) is 4.74 Å². The van der Waals surface area contributed by atoms with Gasteiger partial charge in [-0.2, -0.15) is 5.10 Å². The zero-order valence-electron chi connectivity index (χ0n) is 18.5. The van der Waals surface area contributed by atoms with Crippen molar-refractivity contribution >= 4 is 17.2 Å². The molecule has 0 unspecified atom stereocenters. The summed E-state index contributed by atoms with van der Waals surface area (Å²) in [5.74, 6) is 0.964. The molecule has 1 fully saturated rings. The number of carbonyl (C=O) groups is 1. The van der Waals surface area contributed by atoms with Crippen LogP contribution in [-0.4, -0.2) is 51.7 Å². The number of rotatable bonds is 7. The summed E-state index contributed by atoms with van der Waals surface area (Å²) in [4.78, 5) is 18.4. The summed E-state index contributed by atoms with van der Waals surface area (Å²) < 4.78 is 7.94. The summed E-state index contributed by atoms with van der Waals surface area (Å²) >= 11 is 1.79. The second kappa shape index (κ2) is 9.66. The fourth-order valence-electron chi connectivity index (χ4n) is 4.10. The fourth-order valence-corrected chi connectivity index (χ4v) is 4.88. The summed E-state index contributed by atoms with van der Waals surface area (Å²) in [7, 11) is 3.96. The first-order valence-corrected chi connectivity index (χ1v) is 11.6. The standard InChI is InChI=1S/C24H30N4O2S/c1-18-14-23(27(3)25-18)24(29)28-11-9-20(10-12-28)30-21-7-4-6-19(15-21)16-26(2)17-22-8-5-13-31-22/h4-8,13-15,20H,9-12,16-17H2,1-3H3. The van der Waals surface area contributed by atoms with Gasteiger partial charge in [-0.3, -0.25) is 14.4 Å². The van der Waals surface area contributed by atoms with Gasteiger partial charge in [0.05, 0.1) is 5.69 Å². The van der Waals surface area contributed by atoms with Gasteiger partial charge in [-0.1, -0.05) is 18.2 Å². The summed E-state index contributed by atoms with van der Waals surface area (Å²) in [6.45, 7) is 5.15. The van der Waals surface area contributed by atoms with E-state index >= 15 is 0 Å². The Balaban J connectivity index is 1.29. The number of carbonyl (C=O) groups excluding carboxylic acids is 1. The van der Waals surface area contributed by atoms with Crippen LogP contribution >= 0.6 is 11.3 Å². The maximum atomic E-state index is 12.8. The van der Waals surface area contributed by atoms with Crippen molar-refractivity contribution in [1.29, 1.82) is 0 Å². The van der Waals surface area contributed by atoms with E-state index < -0.39 is 0 Å². The first-order valence-electron chi connectivity index (χ1n) is 10.7. The first-order chi connectivity index (χ1) is 15.0. The molecule has 0 bridgehead atoms. The van der Waals surface area contributed by atoms with Crippen molar-refractivity contribution in [2.24, 2.45) is 7.05 Å². The predicted molar refractivity (Wildman–Crippen MR) is 123 cm³/mol. The topological polar surface area (TPSA) is 50.6 Å². The van der Waals surface area contributed by atoms with Crippen LogP contribution in [0.1, 0.15) is 39.5 Å². The quantitative estimate of drug-likeness (QED) is 0.557. The molecule has 1 aliphatic heterocycles. The van der Waals surface area contributed by atoms with E-state index in [1.807, 2.05) is 31.0 Å². The summed E-state index contributed by atoms with van der Waals surface area (Å²) in [6.07, 6.45) is 1.81. The lowest BCUT2D eigenvalue weighted by Gasteiger charge is -2.32. The average Bonchev–Trinajstić information content (AvgIpc) is 3.37. The monoisotopic (exact) mass is 438 g/mol. The third-order valence-corrected chi connectivity index (χ3v) is 6.47. The highest BCUT2D eigenvalue weighted by Gasteiger charge is 2.26. The van der Waals surface area contributed by atoms with E-state index in [0.29, 0.717) is 18.8 Å². The zero-order valence-corrected chi connectivity index (χ0v) is 19.3. The Morgan fingerprint density at radius 2 is 2.00 bits per heavy atom. The Kier molecular flexibility index (Phi) is 6.73. The lowest BCUT2D eigenvalue weighted by molar-refractivity contribution is 0.0585. The molecule has 3 aromatic rings. The van der Waals surface area contributed by atoms with Crippen LogP contribution in [-0.2, 0) is 20.1 Å². The van der Waals surface area contributed by atoms with Crippen molar-refractivity contribution in [3.63, 3.8) is 0 Å². The van der Waals surface area contributed by atoms with Gasteiger partial charge in [0, 0.05) is 50.9 Å². The van der Waals surface area contributed by atoms with Crippen LogP contribution in [0.15, 0.2) is 47.8 Å². The van der Waals surface area contributed by atoms with Crippen LogP contribution in [0.5, 0.6) is 5.75 Å². The van der Waals surface area contributed by atoms with Crippen molar-refractivity contribution in [2.75, 3.05) is 20.1 Å². The van der Waals surface area contributed by atoms with Crippen LogP contribution in [0.25, 0.3) is 0 Å². The molecule has 0 radical (unpaired) electrons. The highest BCUT2D eigenvalue weighted by molar-refractivity contribution is 7.09. The molecule has 0 N–H and O–H groups in total. The van der Waals surface area contributed by atoms with Crippen LogP contribution < -0.4 is 4.74 Å². The Morgan fingerprint density at radius 1 is 1.19 bits per heavy atom. The molecule has 0 aliphatic carbocycles. The number of amides is 1. The van der Waals surface area contributed by atoms with Crippen LogP contribution in [0.2, 0.25) is 0 Å². The normalized spacial score (nSPS) is 14.9. The molecule has 6 nitrogen and oxygen atoms in total. The lowest BCUT2D eigenvalue weighted by atomic mass is 10.1. The van der Waals surface area contributed by atoms with Gasteiger partial charge in [-0.25, -0.2) is 0 Å². The van der Waals surface area contributed by atoms with E-state index in [9.17, 15) is 4.79 Å². The minimum Gasteiger partial charge on any atom is -0.490 e. The Labute approximate surface area is 188 Å². The third-order valence-electron chi connectivity index (χ3n) is 5.61. The van der Waals surface area contributed by atoms with Crippen LogP contribution in [0, 0.1) is 6.92 Å². The second-order valence-corrected chi connectivity index (χ2v) is 9.34. The number of thiophene rings is 1. The summed E-state index contributed by atoms with van der Waals surface area (Å²) in [6, 6.07) is 14.5. The van der Waals surface area contributed by atoms with Gasteiger partial charge >= 0.3 is 0 Å². The first kappa shape index (κ1) is 21.6. The van der Waals surface area contributed by atoms with E-state index in [1.165, 1.54) is 10.4 Å². The molecule has 1 amide bonds. The minimum atomic E-state index is 0.0531. The number of aryl methyl sites for hydroxylation is 2. The van der Waals surface area contributed by atoms with Crippen molar-refractivity contribution in [1.82, 2.24) is 19.6 Å². The molecule has 0 atom stereocenters. The molecule has 3 heterocycles. The Hall–Kier alpha value is -2.64. The molecule has 31 heavy (non-hydrogen) atoms. The molecule has 1 saturated heterocycles. The van der Waals surface area contributed by atoms with Crippen LogP contribution in [0.3, 0.4) is 0 Å². The molecule has 2 aromatic heterocycles. The number of aromatic nitrogens is 2. The maximum Gasteiger partial charge on any atom is 0.272 e. The van der Waals surface area contributed by atoms with Crippen molar-refractivity contribution in [3.05, 3.63) is 69.7 Å². The Bertz CT molecular complexity index is 1010. The molecule has 0 saturated carbocycles. The number of hydrogen-bond acceptors (Lipinski definition) is 5. The molecule has 164 valence electrons. The molecule has 1 aliphatic rings. The number of hydrogen-bond donors (Lipinski definition) is 0. The third kappa shape index (κ3) is 5.54. The van der Waals surface area contributed by atoms with E-state index in [0.717, 1.165) is 37.4 Å². The molecule has 7 heteroatoms. The fraction of sp³-hybridized carbons (Fsp3) is 0.417. The van der Waals surface area contributed by atoms with E-state index in [1.54, 1.807) is 16.0 Å². The Morgan fingerprint density at radius 3 is 2.68 bits per heavy atom. The smallest absolute Gasteiger partial charge is 0.272 e. The average molecular weight is 439 g/mol. The molecule has 4 rings (SSSR count). The summed E-state index contributed by atoms with van der Waals surface area (Å²) in [5, 5.41) is 6.41. The van der Waals surface area contributed by atoms with Gasteiger partial charge in [-0.15, -0.1) is 11.3 Å². The highest BCUT2D eigenvalue weighted by atomic mass is 32.1. The second-order valence-electron chi connectivity index (χ2n) is 8.30. The number of benzene rings is 1. The van der Waals surface area contributed by atoms with Gasteiger partial charge < -0.3 is 9.64 Å². The SMILES string of the molecule is Cc1cc(C(=O)N2CCC(Oc3cccc(CN(C)Cc4cccs4)c3)CC2)n(C)n1. The molecular formula is C24H30N4O2S.